The molecule has 0 aliphatic carbocycles. The zero-order valence-corrected chi connectivity index (χ0v) is 10.3. The van der Waals surface area contributed by atoms with Crippen molar-refractivity contribution in [2.45, 2.75) is 11.4 Å². The number of benzene rings is 1. The number of nitrogens with one attached hydrogen (secondary N) is 1. The highest BCUT2D eigenvalue weighted by molar-refractivity contribution is 8.23. The highest BCUT2D eigenvalue weighted by Gasteiger charge is 2.14. The standard InChI is InChI=1S/C14H14N2S/c1-2-5-12(6-3-1)11-13-7-4-10-17(13)14-8-9-15-16-14/h1-10,17H,11H2,(H,15,16). The first-order valence-electron chi connectivity index (χ1n) is 5.64. The molecule has 0 spiro atoms. The number of H-pyrrole nitrogens is 1. The maximum atomic E-state index is 4.30. The average Bonchev–Trinajstić information content (AvgIpc) is 3.00. The molecule has 2 aromatic rings. The molecule has 1 N–H and O–H groups in total. The molecule has 3 rings (SSSR count). The van der Waals surface area contributed by atoms with E-state index in [1.165, 1.54) is 10.5 Å². The molecule has 2 nitrogen and oxygen atoms in total. The second kappa shape index (κ2) is 4.63. The Morgan fingerprint density at radius 2 is 2.00 bits per heavy atom. The lowest BCUT2D eigenvalue weighted by atomic mass is 10.1. The smallest absolute Gasteiger partial charge is 0.106 e. The van der Waals surface area contributed by atoms with Crippen molar-refractivity contribution in [2.75, 3.05) is 0 Å². The fourth-order valence-corrected chi connectivity index (χ4v) is 3.87. The van der Waals surface area contributed by atoms with Gasteiger partial charge in [-0.2, -0.15) is 16.0 Å². The van der Waals surface area contributed by atoms with Crippen molar-refractivity contribution in [1.29, 1.82) is 0 Å². The van der Waals surface area contributed by atoms with Crippen molar-refractivity contribution in [1.82, 2.24) is 10.2 Å². The molecular formula is C14H14N2S. The van der Waals surface area contributed by atoms with E-state index in [4.69, 9.17) is 0 Å². The van der Waals surface area contributed by atoms with Crippen molar-refractivity contribution >= 4 is 10.9 Å². The molecule has 0 fully saturated rings. The molecule has 1 aromatic carbocycles. The minimum Gasteiger partial charge on any atom is -0.285 e. The van der Waals surface area contributed by atoms with Gasteiger partial charge in [0.1, 0.15) is 5.03 Å². The van der Waals surface area contributed by atoms with Crippen LogP contribution in [0.2, 0.25) is 0 Å². The van der Waals surface area contributed by atoms with E-state index in [0.29, 0.717) is 0 Å². The minimum absolute atomic E-state index is 0.352. The molecule has 0 saturated heterocycles. The van der Waals surface area contributed by atoms with E-state index in [2.05, 4.69) is 64.2 Å². The van der Waals surface area contributed by atoms with Crippen molar-refractivity contribution < 1.29 is 0 Å². The molecule has 1 aliphatic rings. The van der Waals surface area contributed by atoms with Crippen LogP contribution in [0, 0.1) is 0 Å². The quantitative estimate of drug-likeness (QED) is 0.793. The van der Waals surface area contributed by atoms with Crippen LogP contribution in [0.5, 0.6) is 0 Å². The number of nitrogens with zero attached hydrogens (tertiary/aromatic N) is 1. The summed E-state index contributed by atoms with van der Waals surface area (Å²) in [7, 11) is -0.352. The molecule has 17 heavy (non-hydrogen) atoms. The normalized spacial score (nSPS) is 20.5. The van der Waals surface area contributed by atoms with Crippen LogP contribution >= 0.6 is 10.9 Å². The molecule has 0 bridgehead atoms. The molecule has 0 radical (unpaired) electrons. The van der Waals surface area contributed by atoms with Crippen LogP contribution in [0.3, 0.4) is 0 Å². The van der Waals surface area contributed by atoms with E-state index >= 15 is 0 Å². The van der Waals surface area contributed by atoms with Gasteiger partial charge in [0.15, 0.2) is 0 Å². The van der Waals surface area contributed by atoms with E-state index < -0.39 is 0 Å². The Morgan fingerprint density at radius 1 is 1.12 bits per heavy atom. The average molecular weight is 242 g/mol. The van der Waals surface area contributed by atoms with E-state index in [1.54, 1.807) is 0 Å². The summed E-state index contributed by atoms with van der Waals surface area (Å²) < 4.78 is 0. The molecule has 3 heteroatoms. The third kappa shape index (κ3) is 2.19. The van der Waals surface area contributed by atoms with Crippen LogP contribution in [0.1, 0.15) is 5.56 Å². The lowest BCUT2D eigenvalue weighted by Gasteiger charge is -2.15. The number of rotatable bonds is 3. The van der Waals surface area contributed by atoms with Gasteiger partial charge in [0.25, 0.3) is 0 Å². The molecule has 1 aliphatic heterocycles. The Bertz CT molecular complexity index is 541. The van der Waals surface area contributed by atoms with Crippen molar-refractivity contribution in [3.63, 3.8) is 0 Å². The zero-order chi connectivity index (χ0) is 11.5. The third-order valence-corrected chi connectivity index (χ3v) is 4.93. The van der Waals surface area contributed by atoms with Gasteiger partial charge in [-0.25, -0.2) is 0 Å². The number of thiol groups is 1. The van der Waals surface area contributed by atoms with Crippen LogP contribution < -0.4 is 0 Å². The largest absolute Gasteiger partial charge is 0.285 e. The number of aromatic nitrogens is 2. The van der Waals surface area contributed by atoms with Crippen LogP contribution in [0.25, 0.3) is 0 Å². The second-order valence-corrected chi connectivity index (χ2v) is 6.04. The molecule has 86 valence electrons. The summed E-state index contributed by atoms with van der Waals surface area (Å²) in [5.41, 5.74) is 1.37. The van der Waals surface area contributed by atoms with E-state index in [9.17, 15) is 0 Å². The maximum Gasteiger partial charge on any atom is 0.106 e. The van der Waals surface area contributed by atoms with Gasteiger partial charge in [-0.1, -0.05) is 42.5 Å². The molecular weight excluding hydrogens is 228 g/mol. The summed E-state index contributed by atoms with van der Waals surface area (Å²) in [5, 5.41) is 10.6. The maximum absolute atomic E-state index is 4.30. The van der Waals surface area contributed by atoms with Gasteiger partial charge >= 0.3 is 0 Å². The summed E-state index contributed by atoms with van der Waals surface area (Å²) in [6.45, 7) is 0. The van der Waals surface area contributed by atoms with Gasteiger partial charge in [-0.3, -0.25) is 5.10 Å². The lowest BCUT2D eigenvalue weighted by Crippen LogP contribution is -1.90. The predicted octanol–water partition coefficient (Wildman–Crippen LogP) is 3.42. The lowest BCUT2D eigenvalue weighted by molar-refractivity contribution is 1.00. The van der Waals surface area contributed by atoms with Gasteiger partial charge in [0.05, 0.1) is 0 Å². The van der Waals surface area contributed by atoms with Gasteiger partial charge in [-0.05, 0) is 21.9 Å². The van der Waals surface area contributed by atoms with Crippen molar-refractivity contribution in [3.8, 4) is 0 Å². The Labute approximate surface area is 103 Å². The second-order valence-electron chi connectivity index (χ2n) is 3.96. The van der Waals surface area contributed by atoms with E-state index in [-0.39, 0.29) is 10.9 Å². The number of allylic oxidation sites excluding steroid dienone is 3. The fraction of sp³-hybridized carbons (Fsp3) is 0.0714. The van der Waals surface area contributed by atoms with Gasteiger partial charge in [0.2, 0.25) is 0 Å². The van der Waals surface area contributed by atoms with Gasteiger partial charge in [-0.15, -0.1) is 0 Å². The fourth-order valence-electron chi connectivity index (χ4n) is 1.98. The van der Waals surface area contributed by atoms with E-state index in [1.807, 2.05) is 6.20 Å². The Hall–Kier alpha value is -1.74. The number of hydrogen-bond donors (Lipinski definition) is 2. The van der Waals surface area contributed by atoms with Crippen LogP contribution in [-0.2, 0) is 6.42 Å². The Balaban J connectivity index is 1.81. The van der Waals surface area contributed by atoms with E-state index in [0.717, 1.165) is 11.4 Å². The van der Waals surface area contributed by atoms with Crippen LogP contribution in [0.15, 0.2) is 70.1 Å². The Morgan fingerprint density at radius 3 is 2.76 bits per heavy atom. The summed E-state index contributed by atoms with van der Waals surface area (Å²) >= 11 is 0. The molecule has 1 unspecified atom stereocenters. The summed E-state index contributed by atoms with van der Waals surface area (Å²) in [5.74, 6) is 0. The molecule has 1 aromatic heterocycles. The van der Waals surface area contributed by atoms with Crippen LogP contribution in [0.4, 0.5) is 0 Å². The van der Waals surface area contributed by atoms with Crippen molar-refractivity contribution in [3.05, 3.63) is 70.6 Å². The molecule has 2 heterocycles. The van der Waals surface area contributed by atoms with Crippen molar-refractivity contribution in [2.24, 2.45) is 0 Å². The topological polar surface area (TPSA) is 28.7 Å². The SMILES string of the molecule is C1=C[SH](c2cc[nH]n2)C(Cc2ccccc2)=C1. The predicted molar refractivity (Wildman–Crippen MR) is 73.2 cm³/mol. The first kappa shape index (κ1) is 10.4. The molecule has 0 amide bonds. The first-order chi connectivity index (χ1) is 8.43. The highest BCUT2D eigenvalue weighted by atomic mass is 32.2. The minimum atomic E-state index is -0.352. The number of hydrogen-bond acceptors (Lipinski definition) is 1. The van der Waals surface area contributed by atoms with Gasteiger partial charge in [0, 0.05) is 12.6 Å². The molecule has 0 saturated carbocycles. The number of aromatic amines is 1. The third-order valence-electron chi connectivity index (χ3n) is 2.79. The molecule has 1 atom stereocenters. The van der Waals surface area contributed by atoms with Crippen LogP contribution in [-0.4, -0.2) is 10.2 Å². The summed E-state index contributed by atoms with van der Waals surface area (Å²) in [4.78, 5) is 1.47. The summed E-state index contributed by atoms with van der Waals surface area (Å²) in [6, 6.07) is 12.7. The first-order valence-corrected chi connectivity index (χ1v) is 7.05. The summed E-state index contributed by atoms with van der Waals surface area (Å²) in [6.07, 6.45) is 7.29. The van der Waals surface area contributed by atoms with Gasteiger partial charge < -0.3 is 0 Å². The highest BCUT2D eigenvalue weighted by Crippen LogP contribution is 2.48. The zero-order valence-electron chi connectivity index (χ0n) is 9.38. The Kier molecular flexibility index (Phi) is 2.84. The monoisotopic (exact) mass is 242 g/mol.